The quantitative estimate of drug-likeness (QED) is 0.847. The zero-order chi connectivity index (χ0) is 14.6. The molecule has 2 N–H and O–H groups in total. The fourth-order valence-corrected chi connectivity index (χ4v) is 2.92. The van der Waals surface area contributed by atoms with Gasteiger partial charge in [0.05, 0.1) is 19.1 Å². The Balaban J connectivity index is 0.00000361. The van der Waals surface area contributed by atoms with Crippen LogP contribution >= 0.6 is 12.4 Å². The second-order valence-electron chi connectivity index (χ2n) is 4.12. The number of ether oxygens (including phenoxy) is 2. The number of halogens is 1. The lowest BCUT2D eigenvalue weighted by Crippen LogP contribution is -2.39. The summed E-state index contributed by atoms with van der Waals surface area (Å²) in [5.74, 6) is 0.855. The first-order chi connectivity index (χ1) is 8.88. The number of rotatable bonds is 6. The third-order valence-corrected chi connectivity index (χ3v) is 4.96. The summed E-state index contributed by atoms with van der Waals surface area (Å²) in [7, 11) is 0.867. The van der Waals surface area contributed by atoms with Crippen LogP contribution in [0.2, 0.25) is 0 Å². The maximum atomic E-state index is 12.4. The van der Waals surface area contributed by atoms with Crippen LogP contribution in [0.4, 0.5) is 0 Å². The summed E-state index contributed by atoms with van der Waals surface area (Å²) in [5.41, 5.74) is 5.50. The van der Waals surface area contributed by atoms with Gasteiger partial charge in [-0.15, -0.1) is 12.4 Å². The molecule has 1 aromatic rings. The van der Waals surface area contributed by atoms with E-state index < -0.39 is 10.0 Å². The first-order valence-electron chi connectivity index (χ1n) is 5.78. The molecule has 8 heteroatoms. The molecule has 0 aliphatic carbocycles. The maximum absolute atomic E-state index is 12.4. The monoisotopic (exact) mass is 324 g/mol. The van der Waals surface area contributed by atoms with Gasteiger partial charge in [0.15, 0.2) is 11.5 Å². The zero-order valence-electron chi connectivity index (χ0n) is 12.0. The van der Waals surface area contributed by atoms with Crippen molar-refractivity contribution < 1.29 is 17.9 Å². The third kappa shape index (κ3) is 3.76. The highest BCUT2D eigenvalue weighted by molar-refractivity contribution is 7.89. The molecule has 1 aromatic carbocycles. The van der Waals surface area contributed by atoms with Gasteiger partial charge < -0.3 is 15.2 Å². The standard InChI is InChI=1S/C12H20N2O4S.ClH/c1-9(8-13)14(2)19(15,16)10-5-6-11(17-3)12(7-10)18-4;/h5-7,9H,8,13H2,1-4H3;1H. The van der Waals surface area contributed by atoms with Gasteiger partial charge in [-0.1, -0.05) is 0 Å². The SMILES string of the molecule is COc1ccc(S(=O)(=O)N(C)C(C)CN)cc1OC.Cl. The average Bonchev–Trinajstić information content (AvgIpc) is 2.44. The van der Waals surface area contributed by atoms with Crippen LogP contribution in [0.1, 0.15) is 6.92 Å². The normalized spacial score (nSPS) is 12.7. The molecule has 0 amide bonds. The van der Waals surface area contributed by atoms with Crippen LogP contribution in [0.15, 0.2) is 23.1 Å². The van der Waals surface area contributed by atoms with Gasteiger partial charge in [0.25, 0.3) is 0 Å². The molecule has 0 aliphatic rings. The van der Waals surface area contributed by atoms with E-state index >= 15 is 0 Å². The lowest BCUT2D eigenvalue weighted by atomic mass is 10.3. The van der Waals surface area contributed by atoms with Crippen LogP contribution in [0.5, 0.6) is 11.5 Å². The predicted octanol–water partition coefficient (Wildman–Crippen LogP) is 1.09. The van der Waals surface area contributed by atoms with E-state index in [0.717, 1.165) is 0 Å². The number of methoxy groups -OCH3 is 2. The van der Waals surface area contributed by atoms with Crippen LogP contribution in [0.25, 0.3) is 0 Å². The van der Waals surface area contributed by atoms with Crippen LogP contribution < -0.4 is 15.2 Å². The highest BCUT2D eigenvalue weighted by Gasteiger charge is 2.25. The van der Waals surface area contributed by atoms with E-state index in [1.807, 2.05) is 0 Å². The summed E-state index contributed by atoms with van der Waals surface area (Å²) in [6, 6.07) is 4.20. The number of benzene rings is 1. The maximum Gasteiger partial charge on any atom is 0.243 e. The van der Waals surface area contributed by atoms with Gasteiger partial charge in [-0.05, 0) is 19.1 Å². The number of hydrogen-bond acceptors (Lipinski definition) is 5. The Morgan fingerprint density at radius 3 is 2.25 bits per heavy atom. The molecule has 0 radical (unpaired) electrons. The molecule has 0 spiro atoms. The molecule has 1 rings (SSSR count). The highest BCUT2D eigenvalue weighted by Crippen LogP contribution is 2.30. The van der Waals surface area contributed by atoms with E-state index in [0.29, 0.717) is 11.5 Å². The third-order valence-electron chi connectivity index (χ3n) is 2.99. The van der Waals surface area contributed by atoms with Crippen molar-refractivity contribution in [3.05, 3.63) is 18.2 Å². The summed E-state index contributed by atoms with van der Waals surface area (Å²) in [5, 5.41) is 0. The number of nitrogens with zero attached hydrogens (tertiary/aromatic N) is 1. The molecule has 0 fully saturated rings. The predicted molar refractivity (Wildman–Crippen MR) is 80.3 cm³/mol. The summed E-state index contributed by atoms with van der Waals surface area (Å²) in [6.45, 7) is 2.00. The Morgan fingerprint density at radius 2 is 1.80 bits per heavy atom. The molecule has 6 nitrogen and oxygen atoms in total. The molecule has 20 heavy (non-hydrogen) atoms. The minimum atomic E-state index is -3.59. The van der Waals surface area contributed by atoms with Crippen molar-refractivity contribution in [2.24, 2.45) is 5.73 Å². The van der Waals surface area contributed by atoms with Crippen LogP contribution in [0, 0.1) is 0 Å². The second-order valence-corrected chi connectivity index (χ2v) is 6.12. The Labute approximate surface area is 126 Å². The van der Waals surface area contributed by atoms with E-state index in [1.165, 1.54) is 37.7 Å². The molecular formula is C12H21ClN2O4S. The van der Waals surface area contributed by atoms with E-state index in [9.17, 15) is 8.42 Å². The Kier molecular flexibility index (Phi) is 7.29. The minimum absolute atomic E-state index is 0. The van der Waals surface area contributed by atoms with Gasteiger partial charge in [-0.3, -0.25) is 0 Å². The zero-order valence-corrected chi connectivity index (χ0v) is 13.6. The smallest absolute Gasteiger partial charge is 0.243 e. The van der Waals surface area contributed by atoms with Crippen molar-refractivity contribution in [3.63, 3.8) is 0 Å². The average molecular weight is 325 g/mol. The number of nitrogens with two attached hydrogens (primary N) is 1. The molecule has 0 heterocycles. The molecule has 116 valence electrons. The highest BCUT2D eigenvalue weighted by atomic mass is 35.5. The van der Waals surface area contributed by atoms with Gasteiger partial charge in [0.1, 0.15) is 0 Å². The van der Waals surface area contributed by atoms with Gasteiger partial charge in [0, 0.05) is 25.7 Å². The van der Waals surface area contributed by atoms with Crippen LogP contribution in [-0.2, 0) is 10.0 Å². The van der Waals surface area contributed by atoms with Crippen molar-refractivity contribution in [2.45, 2.75) is 17.9 Å². The number of likely N-dealkylation sites (N-methyl/N-ethyl adjacent to an activating group) is 1. The Hall–Kier alpha value is -1.02. The number of hydrogen-bond donors (Lipinski definition) is 1. The van der Waals surface area contributed by atoms with Crippen molar-refractivity contribution in [1.29, 1.82) is 0 Å². The van der Waals surface area contributed by atoms with Gasteiger partial charge in [-0.2, -0.15) is 4.31 Å². The van der Waals surface area contributed by atoms with Gasteiger partial charge >= 0.3 is 0 Å². The first kappa shape index (κ1) is 19.0. The van der Waals surface area contributed by atoms with Crippen molar-refractivity contribution in [1.82, 2.24) is 4.31 Å². The van der Waals surface area contributed by atoms with Gasteiger partial charge in [0.2, 0.25) is 10.0 Å². The Morgan fingerprint density at radius 1 is 1.25 bits per heavy atom. The molecule has 0 aromatic heterocycles. The molecular weight excluding hydrogens is 304 g/mol. The largest absolute Gasteiger partial charge is 0.493 e. The number of sulfonamides is 1. The van der Waals surface area contributed by atoms with Crippen LogP contribution in [-0.4, -0.2) is 46.6 Å². The summed E-state index contributed by atoms with van der Waals surface area (Å²) in [6.07, 6.45) is 0. The summed E-state index contributed by atoms with van der Waals surface area (Å²) < 4.78 is 36.2. The molecule has 1 atom stereocenters. The second kappa shape index (κ2) is 7.68. The van der Waals surface area contributed by atoms with Crippen molar-refractivity contribution in [3.8, 4) is 11.5 Å². The van der Waals surface area contributed by atoms with E-state index in [4.69, 9.17) is 15.2 Å². The van der Waals surface area contributed by atoms with Gasteiger partial charge in [-0.25, -0.2) is 8.42 Å². The first-order valence-corrected chi connectivity index (χ1v) is 7.22. The summed E-state index contributed by atoms with van der Waals surface area (Å²) in [4.78, 5) is 0.146. The summed E-state index contributed by atoms with van der Waals surface area (Å²) >= 11 is 0. The molecule has 0 aliphatic heterocycles. The van der Waals surface area contributed by atoms with Crippen molar-refractivity contribution in [2.75, 3.05) is 27.8 Å². The lowest BCUT2D eigenvalue weighted by Gasteiger charge is -2.23. The lowest BCUT2D eigenvalue weighted by molar-refractivity contribution is 0.353. The van der Waals surface area contributed by atoms with E-state index in [-0.39, 0.29) is 29.9 Å². The molecule has 1 unspecified atom stereocenters. The van der Waals surface area contributed by atoms with Crippen molar-refractivity contribution >= 4 is 22.4 Å². The fraction of sp³-hybridized carbons (Fsp3) is 0.500. The fourth-order valence-electron chi connectivity index (χ4n) is 1.53. The molecule has 0 bridgehead atoms. The van der Waals surface area contributed by atoms with E-state index in [1.54, 1.807) is 13.0 Å². The van der Waals surface area contributed by atoms with Crippen LogP contribution in [0.3, 0.4) is 0 Å². The molecule has 0 saturated carbocycles. The molecule has 0 saturated heterocycles. The Bertz CT molecular complexity index is 536. The topological polar surface area (TPSA) is 81.9 Å². The van der Waals surface area contributed by atoms with E-state index in [2.05, 4.69) is 0 Å². The minimum Gasteiger partial charge on any atom is -0.493 e.